The number of esters is 1. The van der Waals surface area contributed by atoms with Crippen LogP contribution in [0.2, 0.25) is 0 Å². The molecular weight excluding hydrogens is 292 g/mol. The summed E-state index contributed by atoms with van der Waals surface area (Å²) in [5.41, 5.74) is 4.03. The number of hydrogen-bond acceptors (Lipinski definition) is 4. The number of aromatic nitrogens is 2. The molecule has 3 rings (SSSR count). The van der Waals surface area contributed by atoms with Gasteiger partial charge in [0, 0.05) is 23.1 Å². The van der Waals surface area contributed by atoms with E-state index in [0.29, 0.717) is 17.0 Å². The van der Waals surface area contributed by atoms with Crippen LogP contribution in [0.1, 0.15) is 33.2 Å². The molecule has 1 aromatic carbocycles. The molecule has 2 aromatic heterocycles. The van der Waals surface area contributed by atoms with E-state index in [1.165, 1.54) is 0 Å². The van der Waals surface area contributed by atoms with E-state index in [9.17, 15) is 4.79 Å². The first kappa shape index (κ1) is 15.1. The van der Waals surface area contributed by atoms with Gasteiger partial charge in [-0.05, 0) is 39.0 Å². The maximum absolute atomic E-state index is 12.3. The maximum Gasteiger partial charge on any atom is 0.340 e. The molecule has 0 spiro atoms. The number of hydrogen-bond donors (Lipinski definition) is 0. The number of rotatable bonds is 4. The first-order chi connectivity index (χ1) is 11.1. The third kappa shape index (κ3) is 3.04. The Labute approximate surface area is 134 Å². The third-order valence-electron chi connectivity index (χ3n) is 3.69. The van der Waals surface area contributed by atoms with Gasteiger partial charge in [-0.25, -0.2) is 4.79 Å². The highest BCUT2D eigenvalue weighted by atomic mass is 16.5. The van der Waals surface area contributed by atoms with Gasteiger partial charge < -0.3 is 13.8 Å². The average Bonchev–Trinajstić information content (AvgIpc) is 3.09. The lowest BCUT2D eigenvalue weighted by Gasteiger charge is -2.09. The first-order valence-corrected chi connectivity index (χ1v) is 7.40. The maximum atomic E-state index is 12.3. The Balaban J connectivity index is 1.82. The Bertz CT molecular complexity index is 831. The van der Waals surface area contributed by atoms with Gasteiger partial charge in [0.05, 0.1) is 5.56 Å². The molecule has 0 fully saturated rings. The van der Waals surface area contributed by atoms with Gasteiger partial charge in [-0.2, -0.15) is 0 Å². The quantitative estimate of drug-likeness (QED) is 0.689. The van der Waals surface area contributed by atoms with Crippen molar-refractivity contribution in [2.45, 2.75) is 27.4 Å². The lowest BCUT2D eigenvalue weighted by Crippen LogP contribution is -2.07. The summed E-state index contributed by atoms with van der Waals surface area (Å²) in [5, 5.41) is 3.82. The van der Waals surface area contributed by atoms with Gasteiger partial charge in [0.15, 0.2) is 0 Å². The van der Waals surface area contributed by atoms with E-state index in [1.807, 2.05) is 54.8 Å². The van der Waals surface area contributed by atoms with E-state index < -0.39 is 0 Å². The summed E-state index contributed by atoms with van der Waals surface area (Å²) in [6.07, 6.45) is 0. The van der Waals surface area contributed by atoms with Crippen LogP contribution in [0, 0.1) is 20.8 Å². The van der Waals surface area contributed by atoms with Crippen LogP contribution in [0.5, 0.6) is 0 Å². The predicted molar refractivity (Wildman–Crippen MR) is 85.6 cm³/mol. The number of benzene rings is 1. The number of para-hydroxylation sites is 1. The van der Waals surface area contributed by atoms with Crippen LogP contribution in [0.4, 0.5) is 0 Å². The molecule has 0 aliphatic rings. The standard InChI is InChI=1S/C18H18N2O3/c1-12-9-17(14(3)20(12)16-7-5-4-6-8-16)18(21)22-11-15-10-13(2)23-19-15/h4-10H,11H2,1-3H3. The molecule has 5 heteroatoms. The second-order valence-corrected chi connectivity index (χ2v) is 5.46. The fraction of sp³-hybridized carbons (Fsp3) is 0.222. The van der Waals surface area contributed by atoms with Crippen LogP contribution in [0.15, 0.2) is 47.0 Å². The molecule has 0 amide bonds. The zero-order valence-electron chi connectivity index (χ0n) is 13.4. The number of carbonyl (C=O) groups excluding carboxylic acids is 1. The highest BCUT2D eigenvalue weighted by Gasteiger charge is 2.18. The highest BCUT2D eigenvalue weighted by molar-refractivity contribution is 5.91. The van der Waals surface area contributed by atoms with Gasteiger partial charge in [-0.15, -0.1) is 0 Å². The minimum atomic E-state index is -0.360. The number of aryl methyl sites for hydroxylation is 2. The summed E-state index contributed by atoms with van der Waals surface area (Å²) >= 11 is 0. The van der Waals surface area contributed by atoms with E-state index in [-0.39, 0.29) is 12.6 Å². The van der Waals surface area contributed by atoms with Crippen LogP contribution < -0.4 is 0 Å². The van der Waals surface area contributed by atoms with E-state index in [1.54, 1.807) is 13.0 Å². The number of nitrogens with zero attached hydrogens (tertiary/aromatic N) is 2. The van der Waals surface area contributed by atoms with Crippen molar-refractivity contribution >= 4 is 5.97 Å². The summed E-state index contributed by atoms with van der Waals surface area (Å²) < 4.78 is 12.3. The fourth-order valence-corrected chi connectivity index (χ4v) is 2.65. The van der Waals surface area contributed by atoms with Gasteiger partial charge in [0.1, 0.15) is 18.1 Å². The molecule has 2 heterocycles. The minimum absolute atomic E-state index is 0.102. The van der Waals surface area contributed by atoms with Gasteiger partial charge in [-0.1, -0.05) is 23.4 Å². The van der Waals surface area contributed by atoms with E-state index in [4.69, 9.17) is 9.26 Å². The van der Waals surface area contributed by atoms with Crippen molar-refractivity contribution in [3.8, 4) is 5.69 Å². The number of carbonyl (C=O) groups is 1. The van der Waals surface area contributed by atoms with Crippen LogP contribution in [-0.4, -0.2) is 15.7 Å². The van der Waals surface area contributed by atoms with Gasteiger partial charge in [-0.3, -0.25) is 0 Å². The van der Waals surface area contributed by atoms with Crippen LogP contribution in [-0.2, 0) is 11.3 Å². The molecular formula is C18H18N2O3. The smallest absolute Gasteiger partial charge is 0.340 e. The molecule has 0 N–H and O–H groups in total. The van der Waals surface area contributed by atoms with Crippen molar-refractivity contribution in [1.29, 1.82) is 0 Å². The van der Waals surface area contributed by atoms with Crippen molar-refractivity contribution < 1.29 is 14.1 Å². The third-order valence-corrected chi connectivity index (χ3v) is 3.69. The van der Waals surface area contributed by atoms with Crippen molar-refractivity contribution in [1.82, 2.24) is 9.72 Å². The van der Waals surface area contributed by atoms with Crippen LogP contribution >= 0.6 is 0 Å². The summed E-state index contributed by atoms with van der Waals surface area (Å²) in [7, 11) is 0. The van der Waals surface area contributed by atoms with E-state index >= 15 is 0 Å². The zero-order valence-corrected chi connectivity index (χ0v) is 13.4. The molecule has 3 aromatic rings. The Hall–Kier alpha value is -2.82. The second-order valence-electron chi connectivity index (χ2n) is 5.46. The molecule has 0 saturated heterocycles. The molecule has 118 valence electrons. The van der Waals surface area contributed by atoms with E-state index in [0.717, 1.165) is 17.1 Å². The van der Waals surface area contributed by atoms with Crippen molar-refractivity contribution in [2.24, 2.45) is 0 Å². The van der Waals surface area contributed by atoms with Gasteiger partial charge in [0.2, 0.25) is 0 Å². The van der Waals surface area contributed by atoms with Crippen molar-refractivity contribution in [3.63, 3.8) is 0 Å². The highest BCUT2D eigenvalue weighted by Crippen LogP contribution is 2.21. The zero-order chi connectivity index (χ0) is 16.4. The normalized spacial score (nSPS) is 10.7. The molecule has 5 nitrogen and oxygen atoms in total. The summed E-state index contributed by atoms with van der Waals surface area (Å²) in [6, 6.07) is 13.5. The fourth-order valence-electron chi connectivity index (χ4n) is 2.65. The molecule has 0 atom stereocenters. The number of ether oxygens (including phenoxy) is 1. The monoisotopic (exact) mass is 310 g/mol. The Morgan fingerprint density at radius 1 is 1.17 bits per heavy atom. The minimum Gasteiger partial charge on any atom is -0.455 e. The predicted octanol–water partition coefficient (Wildman–Crippen LogP) is 3.75. The SMILES string of the molecule is Cc1cc(COC(=O)c2cc(C)n(-c3ccccc3)c2C)no1. The second kappa shape index (κ2) is 6.12. The molecule has 0 aliphatic carbocycles. The van der Waals surface area contributed by atoms with Crippen LogP contribution in [0.3, 0.4) is 0 Å². The summed E-state index contributed by atoms with van der Waals surface area (Å²) in [6.45, 7) is 5.78. The van der Waals surface area contributed by atoms with Crippen LogP contribution in [0.25, 0.3) is 5.69 Å². The van der Waals surface area contributed by atoms with E-state index in [2.05, 4.69) is 5.16 Å². The lowest BCUT2D eigenvalue weighted by atomic mass is 10.2. The molecule has 0 aliphatic heterocycles. The lowest BCUT2D eigenvalue weighted by molar-refractivity contribution is 0.0463. The topological polar surface area (TPSA) is 57.3 Å². The Morgan fingerprint density at radius 2 is 1.91 bits per heavy atom. The van der Waals surface area contributed by atoms with Crippen molar-refractivity contribution in [3.05, 3.63) is 70.9 Å². The summed E-state index contributed by atoms with van der Waals surface area (Å²) in [4.78, 5) is 12.3. The molecule has 0 radical (unpaired) electrons. The molecule has 0 bridgehead atoms. The molecule has 0 saturated carbocycles. The average molecular weight is 310 g/mol. The Morgan fingerprint density at radius 3 is 2.57 bits per heavy atom. The summed E-state index contributed by atoms with van der Waals surface area (Å²) in [5.74, 6) is 0.333. The molecule has 23 heavy (non-hydrogen) atoms. The first-order valence-electron chi connectivity index (χ1n) is 7.40. The van der Waals surface area contributed by atoms with Gasteiger partial charge >= 0.3 is 5.97 Å². The Kier molecular flexibility index (Phi) is 4.02. The van der Waals surface area contributed by atoms with Gasteiger partial charge in [0.25, 0.3) is 0 Å². The van der Waals surface area contributed by atoms with Crippen molar-refractivity contribution in [2.75, 3.05) is 0 Å². The molecule has 0 unspecified atom stereocenters. The largest absolute Gasteiger partial charge is 0.455 e.